The molecule has 0 aliphatic carbocycles. The normalized spacial score (nSPS) is 11.1. The van der Waals surface area contributed by atoms with Gasteiger partial charge in [-0.1, -0.05) is 28.1 Å². The lowest BCUT2D eigenvalue weighted by molar-refractivity contribution is -0.115. The van der Waals surface area contributed by atoms with Crippen LogP contribution in [-0.4, -0.2) is 16.4 Å². The Morgan fingerprint density at radius 2 is 1.82 bits per heavy atom. The van der Waals surface area contributed by atoms with Crippen LogP contribution in [0.3, 0.4) is 0 Å². The van der Waals surface area contributed by atoms with E-state index in [1.807, 2.05) is 30.3 Å². The molecule has 22 heavy (non-hydrogen) atoms. The first-order valence-electron chi connectivity index (χ1n) is 7.10. The van der Waals surface area contributed by atoms with Crippen molar-refractivity contribution < 1.29 is 4.79 Å². The molecule has 0 unspecified atom stereocenters. The molecule has 5 heteroatoms. The quantitative estimate of drug-likeness (QED) is 0.856. The SMILES string of the molecule is CC(C)(C)Nc1ccc(NC(=O)Cc2ccc(Br)cc2)nc1. The Balaban J connectivity index is 1.93. The number of aromatic nitrogens is 1. The van der Waals surface area contributed by atoms with Gasteiger partial charge in [-0.2, -0.15) is 0 Å². The standard InChI is InChI=1S/C17H20BrN3O/c1-17(2,3)21-14-8-9-15(19-11-14)20-16(22)10-12-4-6-13(18)7-5-12/h4-9,11,21H,10H2,1-3H3,(H,19,20,22). The van der Waals surface area contributed by atoms with E-state index in [9.17, 15) is 4.79 Å². The first kappa shape index (κ1) is 16.5. The highest BCUT2D eigenvalue weighted by Crippen LogP contribution is 2.16. The molecule has 2 N–H and O–H groups in total. The van der Waals surface area contributed by atoms with E-state index >= 15 is 0 Å². The van der Waals surface area contributed by atoms with Crippen molar-refractivity contribution in [1.29, 1.82) is 0 Å². The second-order valence-corrected chi connectivity index (χ2v) is 7.07. The Morgan fingerprint density at radius 1 is 1.14 bits per heavy atom. The van der Waals surface area contributed by atoms with Gasteiger partial charge in [0.1, 0.15) is 5.82 Å². The first-order chi connectivity index (χ1) is 10.3. The van der Waals surface area contributed by atoms with Crippen molar-refractivity contribution in [3.63, 3.8) is 0 Å². The Hall–Kier alpha value is -1.88. The summed E-state index contributed by atoms with van der Waals surface area (Å²) in [4.78, 5) is 16.3. The van der Waals surface area contributed by atoms with Gasteiger partial charge >= 0.3 is 0 Å². The van der Waals surface area contributed by atoms with E-state index in [2.05, 4.69) is 52.3 Å². The predicted octanol–water partition coefficient (Wildman–Crippen LogP) is 4.24. The lowest BCUT2D eigenvalue weighted by atomic mass is 10.1. The van der Waals surface area contributed by atoms with Crippen LogP contribution in [0.4, 0.5) is 11.5 Å². The number of rotatable bonds is 4. The van der Waals surface area contributed by atoms with Crippen LogP contribution in [0.2, 0.25) is 0 Å². The van der Waals surface area contributed by atoms with Crippen LogP contribution in [0.25, 0.3) is 0 Å². The van der Waals surface area contributed by atoms with Gasteiger partial charge in [0.25, 0.3) is 0 Å². The number of halogens is 1. The van der Waals surface area contributed by atoms with Crippen LogP contribution in [0.15, 0.2) is 47.1 Å². The molecule has 0 saturated carbocycles. The first-order valence-corrected chi connectivity index (χ1v) is 7.90. The second-order valence-electron chi connectivity index (χ2n) is 6.16. The lowest BCUT2D eigenvalue weighted by Crippen LogP contribution is -2.26. The van der Waals surface area contributed by atoms with Crippen LogP contribution in [-0.2, 0) is 11.2 Å². The number of carbonyl (C=O) groups excluding carboxylic acids is 1. The summed E-state index contributed by atoms with van der Waals surface area (Å²) in [5.74, 6) is 0.480. The molecule has 1 heterocycles. The number of benzene rings is 1. The minimum Gasteiger partial charge on any atom is -0.379 e. The number of nitrogens with one attached hydrogen (secondary N) is 2. The summed E-state index contributed by atoms with van der Waals surface area (Å²) in [6.45, 7) is 6.25. The fourth-order valence-corrected chi connectivity index (χ4v) is 2.21. The second kappa shape index (κ2) is 6.92. The molecule has 0 radical (unpaired) electrons. The van der Waals surface area contributed by atoms with E-state index in [1.165, 1.54) is 0 Å². The van der Waals surface area contributed by atoms with Crippen molar-refractivity contribution in [2.24, 2.45) is 0 Å². The van der Waals surface area contributed by atoms with Crippen LogP contribution < -0.4 is 10.6 Å². The fourth-order valence-electron chi connectivity index (χ4n) is 1.95. The van der Waals surface area contributed by atoms with Gasteiger partial charge in [-0.15, -0.1) is 0 Å². The topological polar surface area (TPSA) is 54.0 Å². The number of hydrogen-bond acceptors (Lipinski definition) is 3. The van der Waals surface area contributed by atoms with Crippen molar-refractivity contribution in [3.05, 3.63) is 52.6 Å². The number of carbonyl (C=O) groups is 1. The highest BCUT2D eigenvalue weighted by molar-refractivity contribution is 9.10. The van der Waals surface area contributed by atoms with Gasteiger partial charge in [0.05, 0.1) is 18.3 Å². The zero-order chi connectivity index (χ0) is 16.2. The molecule has 1 aromatic heterocycles. The highest BCUT2D eigenvalue weighted by Gasteiger charge is 2.10. The molecule has 2 rings (SSSR count). The summed E-state index contributed by atoms with van der Waals surface area (Å²) in [5, 5.41) is 6.13. The third-order valence-electron chi connectivity index (χ3n) is 2.83. The number of anilines is 2. The zero-order valence-electron chi connectivity index (χ0n) is 13.0. The van der Waals surface area contributed by atoms with Gasteiger partial charge in [0, 0.05) is 10.0 Å². The molecule has 0 aliphatic rings. The molecule has 0 aliphatic heterocycles. The monoisotopic (exact) mass is 361 g/mol. The highest BCUT2D eigenvalue weighted by atomic mass is 79.9. The van der Waals surface area contributed by atoms with Gasteiger partial charge in [-0.3, -0.25) is 4.79 Å². The Kier molecular flexibility index (Phi) is 5.19. The van der Waals surface area contributed by atoms with Crippen molar-refractivity contribution in [1.82, 2.24) is 4.98 Å². The maximum absolute atomic E-state index is 12.0. The summed E-state index contributed by atoms with van der Waals surface area (Å²) in [6.07, 6.45) is 2.05. The summed E-state index contributed by atoms with van der Waals surface area (Å²) in [7, 11) is 0. The van der Waals surface area contributed by atoms with Crippen molar-refractivity contribution in [3.8, 4) is 0 Å². The molecule has 1 amide bonds. The molecule has 0 saturated heterocycles. The molecular formula is C17H20BrN3O. The fraction of sp³-hybridized carbons (Fsp3) is 0.294. The summed E-state index contributed by atoms with van der Waals surface area (Å²) >= 11 is 3.38. The average molecular weight is 362 g/mol. The minimum absolute atomic E-state index is 0.0198. The molecule has 0 bridgehead atoms. The van der Waals surface area contributed by atoms with Crippen molar-refractivity contribution >= 4 is 33.3 Å². The van der Waals surface area contributed by atoms with Crippen LogP contribution >= 0.6 is 15.9 Å². The molecule has 2 aromatic rings. The number of nitrogens with zero attached hydrogens (tertiary/aromatic N) is 1. The molecule has 0 fully saturated rings. The van der Waals surface area contributed by atoms with Gasteiger partial charge < -0.3 is 10.6 Å². The molecular weight excluding hydrogens is 342 g/mol. The smallest absolute Gasteiger partial charge is 0.229 e. The van der Waals surface area contributed by atoms with E-state index in [-0.39, 0.29) is 11.4 Å². The zero-order valence-corrected chi connectivity index (χ0v) is 14.6. The minimum atomic E-state index is -0.0775. The molecule has 116 valence electrons. The van der Waals surface area contributed by atoms with E-state index in [4.69, 9.17) is 0 Å². The number of hydrogen-bond donors (Lipinski definition) is 2. The third kappa shape index (κ3) is 5.48. The maximum atomic E-state index is 12.0. The molecule has 0 atom stereocenters. The van der Waals surface area contributed by atoms with Gasteiger partial charge in [0.2, 0.25) is 5.91 Å². The van der Waals surface area contributed by atoms with Crippen LogP contribution in [0.5, 0.6) is 0 Å². The van der Waals surface area contributed by atoms with Crippen molar-refractivity contribution in [2.75, 3.05) is 10.6 Å². The number of amides is 1. The Bertz CT molecular complexity index is 630. The van der Waals surface area contributed by atoms with E-state index in [0.29, 0.717) is 12.2 Å². The summed E-state index contributed by atoms with van der Waals surface area (Å²) < 4.78 is 1.00. The van der Waals surface area contributed by atoms with Gasteiger partial charge in [-0.25, -0.2) is 4.98 Å². The van der Waals surface area contributed by atoms with Crippen LogP contribution in [0, 0.1) is 0 Å². The third-order valence-corrected chi connectivity index (χ3v) is 3.36. The van der Waals surface area contributed by atoms with Gasteiger partial charge in [0.15, 0.2) is 0 Å². The predicted molar refractivity (Wildman–Crippen MR) is 94.1 cm³/mol. The maximum Gasteiger partial charge on any atom is 0.229 e. The van der Waals surface area contributed by atoms with Gasteiger partial charge in [-0.05, 0) is 50.6 Å². The van der Waals surface area contributed by atoms with E-state index < -0.39 is 0 Å². The molecule has 4 nitrogen and oxygen atoms in total. The Labute approximate surface area is 139 Å². The van der Waals surface area contributed by atoms with Crippen molar-refractivity contribution in [2.45, 2.75) is 32.7 Å². The summed E-state index contributed by atoms with van der Waals surface area (Å²) in [5.41, 5.74) is 1.87. The largest absolute Gasteiger partial charge is 0.379 e. The van der Waals surface area contributed by atoms with E-state index in [1.54, 1.807) is 12.3 Å². The molecule has 1 aromatic carbocycles. The lowest BCUT2D eigenvalue weighted by Gasteiger charge is -2.21. The average Bonchev–Trinajstić information content (AvgIpc) is 2.42. The number of pyridine rings is 1. The molecule has 0 spiro atoms. The summed E-state index contributed by atoms with van der Waals surface area (Å²) in [6, 6.07) is 11.4. The Morgan fingerprint density at radius 3 is 2.36 bits per heavy atom. The van der Waals surface area contributed by atoms with E-state index in [0.717, 1.165) is 15.7 Å². The van der Waals surface area contributed by atoms with Crippen LogP contribution in [0.1, 0.15) is 26.3 Å².